The summed E-state index contributed by atoms with van der Waals surface area (Å²) in [7, 11) is 0. The zero-order chi connectivity index (χ0) is 16.1. The third-order valence-electron chi connectivity index (χ3n) is 3.50. The Morgan fingerprint density at radius 2 is 2.09 bits per heavy atom. The molecule has 3 rings (SSSR count). The van der Waals surface area contributed by atoms with Crippen LogP contribution in [0.25, 0.3) is 0 Å². The van der Waals surface area contributed by atoms with Crippen molar-refractivity contribution in [3.05, 3.63) is 42.4 Å². The molecule has 1 atom stereocenters. The third-order valence-corrected chi connectivity index (χ3v) is 3.50. The van der Waals surface area contributed by atoms with Gasteiger partial charge >= 0.3 is 0 Å². The Labute approximate surface area is 132 Å². The van der Waals surface area contributed by atoms with E-state index >= 15 is 0 Å². The van der Waals surface area contributed by atoms with Crippen molar-refractivity contribution in [1.29, 1.82) is 5.26 Å². The SMILES string of the molecule is N#Cc1nccnc1O[C@H]1CCCN(C(=O)c2cnccn2)C1. The summed E-state index contributed by atoms with van der Waals surface area (Å²) < 4.78 is 5.77. The molecule has 116 valence electrons. The Kier molecular flexibility index (Phi) is 4.38. The molecule has 1 saturated heterocycles. The summed E-state index contributed by atoms with van der Waals surface area (Å²) in [5, 5.41) is 9.02. The summed E-state index contributed by atoms with van der Waals surface area (Å²) in [4.78, 5) is 30.0. The van der Waals surface area contributed by atoms with Crippen molar-refractivity contribution < 1.29 is 9.53 Å². The van der Waals surface area contributed by atoms with Gasteiger partial charge < -0.3 is 9.64 Å². The molecule has 2 aromatic heterocycles. The molecule has 1 aliphatic heterocycles. The maximum absolute atomic E-state index is 12.4. The van der Waals surface area contributed by atoms with Crippen molar-refractivity contribution in [3.8, 4) is 11.9 Å². The second-order valence-electron chi connectivity index (χ2n) is 5.05. The van der Waals surface area contributed by atoms with Gasteiger partial charge in [-0.1, -0.05) is 0 Å². The highest BCUT2D eigenvalue weighted by Crippen LogP contribution is 2.19. The van der Waals surface area contributed by atoms with Crippen molar-refractivity contribution in [1.82, 2.24) is 24.8 Å². The van der Waals surface area contributed by atoms with Gasteiger partial charge in [-0.15, -0.1) is 0 Å². The highest BCUT2D eigenvalue weighted by Gasteiger charge is 2.27. The minimum atomic E-state index is -0.229. The van der Waals surface area contributed by atoms with E-state index in [1.807, 2.05) is 6.07 Å². The van der Waals surface area contributed by atoms with E-state index in [4.69, 9.17) is 10.00 Å². The average molecular weight is 310 g/mol. The molecular weight excluding hydrogens is 296 g/mol. The fourth-order valence-electron chi connectivity index (χ4n) is 2.44. The zero-order valence-electron chi connectivity index (χ0n) is 12.3. The van der Waals surface area contributed by atoms with Gasteiger partial charge in [-0.2, -0.15) is 5.26 Å². The molecule has 1 fully saturated rings. The van der Waals surface area contributed by atoms with Gasteiger partial charge in [0.05, 0.1) is 12.7 Å². The molecule has 23 heavy (non-hydrogen) atoms. The highest BCUT2D eigenvalue weighted by molar-refractivity contribution is 5.92. The molecule has 0 radical (unpaired) electrons. The number of rotatable bonds is 3. The normalized spacial score (nSPS) is 17.3. The molecule has 3 heterocycles. The first kappa shape index (κ1) is 14.8. The third kappa shape index (κ3) is 3.40. The van der Waals surface area contributed by atoms with Crippen LogP contribution < -0.4 is 4.74 Å². The lowest BCUT2D eigenvalue weighted by Gasteiger charge is -2.32. The topological polar surface area (TPSA) is 105 Å². The van der Waals surface area contributed by atoms with E-state index < -0.39 is 0 Å². The zero-order valence-corrected chi connectivity index (χ0v) is 12.3. The van der Waals surface area contributed by atoms with Crippen LogP contribution in [0.15, 0.2) is 31.0 Å². The molecule has 8 heteroatoms. The number of hydrogen-bond acceptors (Lipinski definition) is 7. The Morgan fingerprint density at radius 3 is 2.87 bits per heavy atom. The summed E-state index contributed by atoms with van der Waals surface area (Å²) in [6, 6.07) is 1.95. The van der Waals surface area contributed by atoms with Crippen LogP contribution in [0.3, 0.4) is 0 Å². The molecule has 0 aromatic carbocycles. The van der Waals surface area contributed by atoms with E-state index in [-0.39, 0.29) is 23.6 Å². The first-order valence-corrected chi connectivity index (χ1v) is 7.21. The van der Waals surface area contributed by atoms with Gasteiger partial charge in [-0.25, -0.2) is 15.0 Å². The molecule has 1 aliphatic rings. The van der Waals surface area contributed by atoms with E-state index in [0.717, 1.165) is 12.8 Å². The molecule has 0 bridgehead atoms. The van der Waals surface area contributed by atoms with Crippen LogP contribution in [0.2, 0.25) is 0 Å². The molecule has 0 saturated carbocycles. The minimum absolute atomic E-state index is 0.143. The first-order valence-electron chi connectivity index (χ1n) is 7.21. The Balaban J connectivity index is 1.69. The lowest BCUT2D eigenvalue weighted by Crippen LogP contribution is -2.44. The van der Waals surface area contributed by atoms with Gasteiger partial charge in [0.2, 0.25) is 5.69 Å². The van der Waals surface area contributed by atoms with E-state index in [9.17, 15) is 4.79 Å². The van der Waals surface area contributed by atoms with E-state index in [1.54, 1.807) is 4.90 Å². The van der Waals surface area contributed by atoms with Crippen molar-refractivity contribution in [3.63, 3.8) is 0 Å². The van der Waals surface area contributed by atoms with Gasteiger partial charge in [-0.3, -0.25) is 9.78 Å². The first-order chi connectivity index (χ1) is 11.3. The minimum Gasteiger partial charge on any atom is -0.470 e. The van der Waals surface area contributed by atoms with Crippen molar-refractivity contribution in [2.45, 2.75) is 18.9 Å². The highest BCUT2D eigenvalue weighted by atomic mass is 16.5. The average Bonchev–Trinajstić information content (AvgIpc) is 2.62. The summed E-state index contributed by atoms with van der Waals surface area (Å²) in [5.41, 5.74) is 0.454. The second-order valence-corrected chi connectivity index (χ2v) is 5.05. The van der Waals surface area contributed by atoms with E-state index in [2.05, 4.69) is 19.9 Å². The predicted octanol–water partition coefficient (Wildman–Crippen LogP) is 0.822. The van der Waals surface area contributed by atoms with Gasteiger partial charge in [-0.05, 0) is 12.8 Å². The second kappa shape index (κ2) is 6.79. The van der Waals surface area contributed by atoms with E-state index in [0.29, 0.717) is 18.8 Å². The standard InChI is InChI=1S/C15H14N6O2/c16-8-12-14(20-6-5-18-12)23-11-2-1-7-21(10-11)15(22)13-9-17-3-4-19-13/h3-6,9,11H,1-2,7,10H2/t11-/m0/s1. The maximum Gasteiger partial charge on any atom is 0.274 e. The Hall–Kier alpha value is -3.08. The number of amides is 1. The Morgan fingerprint density at radius 1 is 1.26 bits per heavy atom. The lowest BCUT2D eigenvalue weighted by molar-refractivity contribution is 0.0520. The number of nitriles is 1. The fraction of sp³-hybridized carbons (Fsp3) is 0.333. The van der Waals surface area contributed by atoms with Crippen molar-refractivity contribution >= 4 is 5.91 Å². The molecule has 0 N–H and O–H groups in total. The van der Waals surface area contributed by atoms with Gasteiger partial charge in [0.25, 0.3) is 11.8 Å². The molecule has 8 nitrogen and oxygen atoms in total. The van der Waals surface area contributed by atoms with Crippen LogP contribution in [0.5, 0.6) is 5.88 Å². The van der Waals surface area contributed by atoms with Crippen LogP contribution in [0.4, 0.5) is 0 Å². The summed E-state index contributed by atoms with van der Waals surface area (Å²) in [5.74, 6) is 0.0276. The predicted molar refractivity (Wildman–Crippen MR) is 78.3 cm³/mol. The van der Waals surface area contributed by atoms with Crippen LogP contribution >= 0.6 is 0 Å². The number of nitrogens with zero attached hydrogens (tertiary/aromatic N) is 6. The van der Waals surface area contributed by atoms with Crippen LogP contribution in [0, 0.1) is 11.3 Å². The molecule has 1 amide bonds. The molecular formula is C15H14N6O2. The number of carbonyl (C=O) groups is 1. The summed E-state index contributed by atoms with van der Waals surface area (Å²) in [6.07, 6.45) is 8.74. The Bertz CT molecular complexity index is 730. The number of ether oxygens (including phenoxy) is 1. The van der Waals surface area contributed by atoms with Gasteiger partial charge in [0.15, 0.2) is 0 Å². The summed E-state index contributed by atoms with van der Waals surface area (Å²) >= 11 is 0. The largest absolute Gasteiger partial charge is 0.470 e. The van der Waals surface area contributed by atoms with Crippen LogP contribution in [0.1, 0.15) is 29.0 Å². The number of likely N-dealkylation sites (tertiary alicyclic amines) is 1. The maximum atomic E-state index is 12.4. The quantitative estimate of drug-likeness (QED) is 0.826. The smallest absolute Gasteiger partial charge is 0.274 e. The number of aromatic nitrogens is 4. The van der Waals surface area contributed by atoms with Crippen LogP contribution in [-0.4, -0.2) is 49.9 Å². The fourth-order valence-corrected chi connectivity index (χ4v) is 2.44. The number of piperidine rings is 1. The monoisotopic (exact) mass is 310 g/mol. The van der Waals surface area contributed by atoms with Crippen LogP contribution in [-0.2, 0) is 0 Å². The van der Waals surface area contributed by atoms with Crippen molar-refractivity contribution in [2.75, 3.05) is 13.1 Å². The molecule has 0 unspecified atom stereocenters. The molecule has 0 spiro atoms. The molecule has 2 aromatic rings. The summed E-state index contributed by atoms with van der Waals surface area (Å²) in [6.45, 7) is 1.05. The molecule has 0 aliphatic carbocycles. The van der Waals surface area contributed by atoms with Gasteiger partial charge in [0.1, 0.15) is 17.9 Å². The van der Waals surface area contributed by atoms with E-state index in [1.165, 1.54) is 31.0 Å². The number of hydrogen-bond donors (Lipinski definition) is 0. The number of carbonyl (C=O) groups excluding carboxylic acids is 1. The lowest BCUT2D eigenvalue weighted by atomic mass is 10.1. The van der Waals surface area contributed by atoms with Crippen molar-refractivity contribution in [2.24, 2.45) is 0 Å². The van der Waals surface area contributed by atoms with Gasteiger partial charge in [0, 0.05) is 31.3 Å².